The molecule has 2 saturated heterocycles. The Labute approximate surface area is 132 Å². The Kier molecular flexibility index (Phi) is 4.86. The van der Waals surface area contributed by atoms with Gasteiger partial charge >= 0.3 is 0 Å². The normalized spacial score (nSPS) is 27.8. The maximum atomic E-state index is 5.84. The van der Waals surface area contributed by atoms with Gasteiger partial charge in [0, 0.05) is 44.1 Å². The molecule has 1 aromatic carbocycles. The fourth-order valence-electron chi connectivity index (χ4n) is 3.59. The fourth-order valence-corrected chi connectivity index (χ4v) is 3.59. The maximum absolute atomic E-state index is 5.84. The number of ether oxygens (including phenoxy) is 4. The van der Waals surface area contributed by atoms with Crippen LogP contribution in [0.5, 0.6) is 11.5 Å². The Bertz CT molecular complexity index is 495. The van der Waals surface area contributed by atoms with Crippen LogP contribution in [0.1, 0.15) is 0 Å². The first kappa shape index (κ1) is 15.6. The molecular formula is C17H25NO4. The van der Waals surface area contributed by atoms with Gasteiger partial charge in [0.25, 0.3) is 0 Å². The summed E-state index contributed by atoms with van der Waals surface area (Å²) in [5.74, 6) is 2.27. The number of methoxy groups -OCH3 is 2. The highest BCUT2D eigenvalue weighted by atomic mass is 16.5. The highest BCUT2D eigenvalue weighted by Crippen LogP contribution is 2.41. The van der Waals surface area contributed by atoms with Crippen LogP contribution in [0.3, 0.4) is 0 Å². The lowest BCUT2D eigenvalue weighted by molar-refractivity contribution is 0.0527. The van der Waals surface area contributed by atoms with Gasteiger partial charge in [0.15, 0.2) is 0 Å². The van der Waals surface area contributed by atoms with Gasteiger partial charge in [0.2, 0.25) is 0 Å². The minimum Gasteiger partial charge on any atom is -0.497 e. The van der Waals surface area contributed by atoms with Crippen LogP contribution in [-0.4, -0.2) is 65.2 Å². The van der Waals surface area contributed by atoms with Crippen LogP contribution in [0, 0.1) is 11.3 Å². The summed E-state index contributed by atoms with van der Waals surface area (Å²) >= 11 is 0. The largest absolute Gasteiger partial charge is 0.497 e. The van der Waals surface area contributed by atoms with E-state index in [4.69, 9.17) is 18.9 Å². The second kappa shape index (κ2) is 6.86. The monoisotopic (exact) mass is 307 g/mol. The highest BCUT2D eigenvalue weighted by molar-refractivity contribution is 5.32. The third-order valence-corrected chi connectivity index (χ3v) is 4.74. The molecule has 0 bridgehead atoms. The first-order chi connectivity index (χ1) is 10.8. The predicted octanol–water partition coefficient (Wildman–Crippen LogP) is 1.67. The maximum Gasteiger partial charge on any atom is 0.123 e. The van der Waals surface area contributed by atoms with Crippen molar-refractivity contribution in [3.05, 3.63) is 24.3 Å². The van der Waals surface area contributed by atoms with E-state index >= 15 is 0 Å². The van der Waals surface area contributed by atoms with Gasteiger partial charge in [0.05, 0.1) is 26.9 Å². The number of nitrogens with zero attached hydrogens (tertiary/aromatic N) is 1. The lowest BCUT2D eigenvalue weighted by Crippen LogP contribution is -2.36. The molecule has 22 heavy (non-hydrogen) atoms. The molecule has 2 aliphatic heterocycles. The Balaban J connectivity index is 1.48. The predicted molar refractivity (Wildman–Crippen MR) is 83.5 cm³/mol. The zero-order chi connectivity index (χ0) is 15.4. The highest BCUT2D eigenvalue weighted by Gasteiger charge is 2.50. The summed E-state index contributed by atoms with van der Waals surface area (Å²) in [6.07, 6.45) is 0. The molecule has 0 radical (unpaired) electrons. The number of rotatable bonds is 7. The summed E-state index contributed by atoms with van der Waals surface area (Å²) in [6, 6.07) is 7.74. The molecule has 122 valence electrons. The lowest BCUT2D eigenvalue weighted by Gasteiger charge is -2.26. The molecule has 5 heteroatoms. The first-order valence-electron chi connectivity index (χ1n) is 7.82. The Morgan fingerprint density at radius 1 is 1.32 bits per heavy atom. The van der Waals surface area contributed by atoms with Crippen molar-refractivity contribution in [2.24, 2.45) is 11.3 Å². The third-order valence-electron chi connectivity index (χ3n) is 4.74. The van der Waals surface area contributed by atoms with Crippen LogP contribution in [0.4, 0.5) is 0 Å². The van der Waals surface area contributed by atoms with Crippen molar-refractivity contribution in [1.82, 2.24) is 4.90 Å². The van der Waals surface area contributed by atoms with Crippen LogP contribution in [0.2, 0.25) is 0 Å². The van der Waals surface area contributed by atoms with Gasteiger partial charge in [-0.3, -0.25) is 4.90 Å². The van der Waals surface area contributed by atoms with E-state index in [1.54, 1.807) is 14.2 Å². The molecule has 0 amide bonds. The second-order valence-electron chi connectivity index (χ2n) is 6.27. The summed E-state index contributed by atoms with van der Waals surface area (Å²) in [5, 5.41) is 0. The molecule has 1 aromatic rings. The molecular weight excluding hydrogens is 282 g/mol. The molecule has 2 heterocycles. The number of fused-ring (bicyclic) bond motifs is 1. The summed E-state index contributed by atoms with van der Waals surface area (Å²) in [5.41, 5.74) is 0.185. The fraction of sp³-hybridized carbons (Fsp3) is 0.647. The Morgan fingerprint density at radius 2 is 2.18 bits per heavy atom. The van der Waals surface area contributed by atoms with E-state index in [0.717, 1.165) is 51.0 Å². The molecule has 2 atom stereocenters. The third kappa shape index (κ3) is 3.21. The van der Waals surface area contributed by atoms with Crippen molar-refractivity contribution in [3.63, 3.8) is 0 Å². The zero-order valence-electron chi connectivity index (χ0n) is 13.4. The van der Waals surface area contributed by atoms with Crippen LogP contribution in [0.15, 0.2) is 24.3 Å². The van der Waals surface area contributed by atoms with E-state index in [-0.39, 0.29) is 5.41 Å². The molecule has 0 spiro atoms. The molecule has 0 N–H and O–H groups in total. The summed E-state index contributed by atoms with van der Waals surface area (Å²) in [4.78, 5) is 2.46. The van der Waals surface area contributed by atoms with Crippen molar-refractivity contribution in [3.8, 4) is 11.5 Å². The van der Waals surface area contributed by atoms with Gasteiger partial charge in [-0.1, -0.05) is 6.07 Å². The van der Waals surface area contributed by atoms with Crippen molar-refractivity contribution in [2.45, 2.75) is 0 Å². The average Bonchev–Trinajstić information content (AvgIpc) is 3.04. The van der Waals surface area contributed by atoms with Gasteiger partial charge in [-0.05, 0) is 12.1 Å². The Morgan fingerprint density at radius 3 is 3.00 bits per heavy atom. The van der Waals surface area contributed by atoms with Gasteiger partial charge in [-0.15, -0.1) is 0 Å². The second-order valence-corrected chi connectivity index (χ2v) is 6.27. The molecule has 0 aliphatic carbocycles. The minimum absolute atomic E-state index is 0.185. The molecule has 5 nitrogen and oxygen atoms in total. The summed E-state index contributed by atoms with van der Waals surface area (Å²) in [7, 11) is 3.44. The summed E-state index contributed by atoms with van der Waals surface area (Å²) < 4.78 is 22.1. The van der Waals surface area contributed by atoms with Crippen molar-refractivity contribution in [2.75, 3.05) is 60.3 Å². The molecule has 0 saturated carbocycles. The van der Waals surface area contributed by atoms with E-state index in [2.05, 4.69) is 4.90 Å². The van der Waals surface area contributed by atoms with Gasteiger partial charge in [0.1, 0.15) is 18.1 Å². The van der Waals surface area contributed by atoms with E-state index in [0.29, 0.717) is 12.5 Å². The molecule has 0 unspecified atom stereocenters. The van der Waals surface area contributed by atoms with Crippen LogP contribution in [0.25, 0.3) is 0 Å². The van der Waals surface area contributed by atoms with E-state index in [1.807, 2.05) is 24.3 Å². The smallest absolute Gasteiger partial charge is 0.123 e. The SMILES string of the molecule is COC[C@@]12COC[C@@H]1CN(CCOc1cccc(OC)c1)C2. The van der Waals surface area contributed by atoms with Crippen LogP contribution in [-0.2, 0) is 9.47 Å². The van der Waals surface area contributed by atoms with Crippen molar-refractivity contribution < 1.29 is 18.9 Å². The standard InChI is InChI=1S/C17H25NO4/c1-19-12-17-11-18(9-14(17)10-21-13-17)6-7-22-16-5-3-4-15(8-16)20-2/h3-5,8,14H,6-7,9-13H2,1-2H3/t14-,17-/m0/s1. The van der Waals surface area contributed by atoms with Crippen LogP contribution < -0.4 is 9.47 Å². The van der Waals surface area contributed by atoms with E-state index < -0.39 is 0 Å². The zero-order valence-corrected chi connectivity index (χ0v) is 13.4. The quantitative estimate of drug-likeness (QED) is 0.766. The van der Waals surface area contributed by atoms with E-state index in [9.17, 15) is 0 Å². The lowest BCUT2D eigenvalue weighted by atomic mass is 9.82. The first-order valence-corrected chi connectivity index (χ1v) is 7.82. The molecule has 3 rings (SSSR count). The number of benzene rings is 1. The topological polar surface area (TPSA) is 40.2 Å². The summed E-state index contributed by atoms with van der Waals surface area (Å²) in [6.45, 7) is 6.18. The number of hydrogen-bond acceptors (Lipinski definition) is 5. The van der Waals surface area contributed by atoms with Gasteiger partial charge in [-0.2, -0.15) is 0 Å². The van der Waals surface area contributed by atoms with Crippen LogP contribution >= 0.6 is 0 Å². The molecule has 2 fully saturated rings. The number of hydrogen-bond donors (Lipinski definition) is 0. The minimum atomic E-state index is 0.185. The van der Waals surface area contributed by atoms with Gasteiger partial charge < -0.3 is 18.9 Å². The van der Waals surface area contributed by atoms with Crippen molar-refractivity contribution in [1.29, 1.82) is 0 Å². The number of likely N-dealkylation sites (tertiary alicyclic amines) is 1. The van der Waals surface area contributed by atoms with Gasteiger partial charge in [-0.25, -0.2) is 0 Å². The molecule has 2 aliphatic rings. The average molecular weight is 307 g/mol. The van der Waals surface area contributed by atoms with E-state index in [1.165, 1.54) is 0 Å². The molecule has 0 aromatic heterocycles. The Hall–Kier alpha value is -1.30. The van der Waals surface area contributed by atoms with Crippen molar-refractivity contribution >= 4 is 0 Å².